The maximum Gasteiger partial charge on any atom is 0.123 e. The zero-order chi connectivity index (χ0) is 17.5. The number of halogens is 1. The summed E-state index contributed by atoms with van der Waals surface area (Å²) in [5.74, 6) is 2.01. The Morgan fingerprint density at radius 3 is 2.36 bits per heavy atom. The third-order valence-electron chi connectivity index (χ3n) is 4.55. The van der Waals surface area contributed by atoms with Crippen molar-refractivity contribution in [3.63, 3.8) is 0 Å². The monoisotopic (exact) mass is 345 g/mol. The van der Waals surface area contributed by atoms with Crippen molar-refractivity contribution >= 4 is 0 Å². The zero-order valence-corrected chi connectivity index (χ0v) is 14.2. The Labute approximate surface area is 147 Å². The van der Waals surface area contributed by atoms with Crippen LogP contribution in [-0.4, -0.2) is 38.0 Å². The van der Waals surface area contributed by atoms with Gasteiger partial charge in [-0.25, -0.2) is 4.39 Å². The number of benzene rings is 2. The molecule has 4 nitrogen and oxygen atoms in total. The van der Waals surface area contributed by atoms with Crippen LogP contribution >= 0.6 is 0 Å². The van der Waals surface area contributed by atoms with Gasteiger partial charge in [0.25, 0.3) is 0 Å². The van der Waals surface area contributed by atoms with Crippen LogP contribution in [0.3, 0.4) is 0 Å². The molecule has 5 heteroatoms. The van der Waals surface area contributed by atoms with E-state index in [0.29, 0.717) is 24.2 Å². The molecule has 1 heterocycles. The van der Waals surface area contributed by atoms with E-state index in [0.717, 1.165) is 25.3 Å². The molecule has 1 aliphatic heterocycles. The fourth-order valence-electron chi connectivity index (χ4n) is 3.25. The fourth-order valence-corrected chi connectivity index (χ4v) is 3.25. The van der Waals surface area contributed by atoms with Gasteiger partial charge in [0.1, 0.15) is 23.9 Å². The Kier molecular flexibility index (Phi) is 6.25. The van der Waals surface area contributed by atoms with E-state index in [9.17, 15) is 4.39 Å². The van der Waals surface area contributed by atoms with Crippen molar-refractivity contribution in [2.45, 2.75) is 12.3 Å². The first-order valence-electron chi connectivity index (χ1n) is 8.69. The molecule has 2 aromatic carbocycles. The van der Waals surface area contributed by atoms with Gasteiger partial charge in [0.2, 0.25) is 0 Å². The number of hydrogen-bond donors (Lipinski definition) is 2. The second-order valence-electron chi connectivity index (χ2n) is 6.27. The average molecular weight is 345 g/mol. The first kappa shape index (κ1) is 17.7. The summed E-state index contributed by atoms with van der Waals surface area (Å²) in [6.07, 6.45) is 1.02. The third kappa shape index (κ3) is 4.94. The van der Waals surface area contributed by atoms with Crippen molar-refractivity contribution in [3.8, 4) is 11.5 Å². The highest BCUT2D eigenvalue weighted by Gasteiger charge is 2.27. The smallest absolute Gasteiger partial charge is 0.123 e. The van der Waals surface area contributed by atoms with Gasteiger partial charge in [0.15, 0.2) is 0 Å². The van der Waals surface area contributed by atoms with E-state index in [4.69, 9.17) is 14.6 Å². The molecule has 1 saturated heterocycles. The Balaban J connectivity index is 1.59. The van der Waals surface area contributed by atoms with Gasteiger partial charge in [-0.3, -0.25) is 0 Å². The summed E-state index contributed by atoms with van der Waals surface area (Å²) < 4.78 is 24.5. The van der Waals surface area contributed by atoms with Crippen LogP contribution in [0.2, 0.25) is 0 Å². The minimum absolute atomic E-state index is 0.00228. The highest BCUT2D eigenvalue weighted by molar-refractivity contribution is 5.31. The number of hydrogen-bond acceptors (Lipinski definition) is 4. The van der Waals surface area contributed by atoms with Crippen LogP contribution in [0.4, 0.5) is 4.39 Å². The number of rotatable bonds is 7. The molecule has 0 saturated carbocycles. The van der Waals surface area contributed by atoms with Crippen LogP contribution < -0.4 is 14.8 Å². The molecule has 134 valence electrons. The van der Waals surface area contributed by atoms with E-state index in [1.807, 2.05) is 36.4 Å². The second kappa shape index (κ2) is 8.83. The van der Waals surface area contributed by atoms with Crippen LogP contribution in [0.15, 0.2) is 48.5 Å². The summed E-state index contributed by atoms with van der Waals surface area (Å²) in [5, 5.41) is 12.2. The third-order valence-corrected chi connectivity index (χ3v) is 4.55. The van der Waals surface area contributed by atoms with Gasteiger partial charge < -0.3 is 19.9 Å². The average Bonchev–Trinajstić information content (AvgIpc) is 2.66. The summed E-state index contributed by atoms with van der Waals surface area (Å²) in [6.45, 7) is 2.74. The molecule has 0 radical (unpaired) electrons. The molecular formula is C20H24FNO3. The van der Waals surface area contributed by atoms with E-state index >= 15 is 0 Å². The Hall–Kier alpha value is -2.11. The molecule has 0 aromatic heterocycles. The first-order valence-corrected chi connectivity index (χ1v) is 8.69. The van der Waals surface area contributed by atoms with Crippen molar-refractivity contribution in [2.24, 2.45) is 5.92 Å². The van der Waals surface area contributed by atoms with Crippen molar-refractivity contribution in [1.82, 2.24) is 5.32 Å². The van der Waals surface area contributed by atoms with E-state index < -0.39 is 0 Å². The summed E-state index contributed by atoms with van der Waals surface area (Å²) >= 11 is 0. The maximum atomic E-state index is 13.2. The Bertz CT molecular complexity index is 645. The predicted molar refractivity (Wildman–Crippen MR) is 94.6 cm³/mol. The lowest BCUT2D eigenvalue weighted by Crippen LogP contribution is -2.38. The summed E-state index contributed by atoms with van der Waals surface area (Å²) in [6, 6.07) is 14.2. The van der Waals surface area contributed by atoms with Gasteiger partial charge >= 0.3 is 0 Å². The minimum atomic E-state index is -0.200. The van der Waals surface area contributed by atoms with Crippen LogP contribution in [0.25, 0.3) is 0 Å². The van der Waals surface area contributed by atoms with Gasteiger partial charge in [-0.15, -0.1) is 0 Å². The minimum Gasteiger partial charge on any atom is -0.493 e. The topological polar surface area (TPSA) is 50.7 Å². The maximum absolute atomic E-state index is 13.2. The molecule has 2 atom stereocenters. The predicted octanol–water partition coefficient (Wildman–Crippen LogP) is 2.97. The van der Waals surface area contributed by atoms with Crippen molar-refractivity contribution < 1.29 is 19.0 Å². The van der Waals surface area contributed by atoms with Crippen LogP contribution in [0.1, 0.15) is 17.9 Å². The van der Waals surface area contributed by atoms with E-state index in [-0.39, 0.29) is 19.0 Å². The Morgan fingerprint density at radius 1 is 1.00 bits per heavy atom. The van der Waals surface area contributed by atoms with Gasteiger partial charge in [0, 0.05) is 12.5 Å². The van der Waals surface area contributed by atoms with Crippen LogP contribution in [0.5, 0.6) is 11.5 Å². The second-order valence-corrected chi connectivity index (χ2v) is 6.27. The fraction of sp³-hybridized carbons (Fsp3) is 0.400. The molecule has 0 spiro atoms. The number of ether oxygens (including phenoxy) is 2. The van der Waals surface area contributed by atoms with E-state index in [2.05, 4.69) is 5.32 Å². The number of aliphatic hydroxyl groups is 1. The number of aliphatic hydroxyl groups excluding tert-OH is 1. The molecule has 25 heavy (non-hydrogen) atoms. The van der Waals surface area contributed by atoms with Gasteiger partial charge in [-0.2, -0.15) is 0 Å². The number of piperidine rings is 1. The lowest BCUT2D eigenvalue weighted by atomic mass is 9.81. The molecule has 1 fully saturated rings. The van der Waals surface area contributed by atoms with E-state index in [1.165, 1.54) is 17.7 Å². The summed E-state index contributed by atoms with van der Waals surface area (Å²) in [4.78, 5) is 0. The lowest BCUT2D eigenvalue weighted by Gasteiger charge is -2.32. The largest absolute Gasteiger partial charge is 0.493 e. The summed E-state index contributed by atoms with van der Waals surface area (Å²) in [7, 11) is 0. The van der Waals surface area contributed by atoms with Crippen LogP contribution in [-0.2, 0) is 0 Å². The molecule has 0 bridgehead atoms. The highest BCUT2D eigenvalue weighted by atomic mass is 19.1. The normalized spacial score (nSPS) is 20.2. The van der Waals surface area contributed by atoms with Crippen LogP contribution in [0, 0.1) is 11.7 Å². The molecular weight excluding hydrogens is 321 g/mol. The molecule has 3 rings (SSSR count). The Morgan fingerprint density at radius 2 is 1.68 bits per heavy atom. The van der Waals surface area contributed by atoms with Gasteiger partial charge in [-0.1, -0.05) is 12.1 Å². The number of nitrogens with one attached hydrogen (secondary N) is 1. The quantitative estimate of drug-likeness (QED) is 0.810. The standard InChI is InChI=1S/C20H24FNO3/c21-17-3-1-15(2-4-17)20-9-10-22-13-16(20)14-25-19-7-5-18(6-8-19)24-12-11-23/h1-8,16,20,22-23H,9-14H2/t16-,20-/m0/s1. The zero-order valence-electron chi connectivity index (χ0n) is 14.2. The molecule has 1 aliphatic rings. The lowest BCUT2D eigenvalue weighted by molar-refractivity contribution is 0.195. The summed E-state index contributed by atoms with van der Waals surface area (Å²) in [5.41, 5.74) is 1.17. The molecule has 0 amide bonds. The highest BCUT2D eigenvalue weighted by Crippen LogP contribution is 2.31. The SMILES string of the molecule is OCCOc1ccc(OC[C@@H]2CNCC[C@H]2c2ccc(F)cc2)cc1. The molecule has 0 aliphatic carbocycles. The van der Waals surface area contributed by atoms with Crippen molar-refractivity contribution in [1.29, 1.82) is 0 Å². The van der Waals surface area contributed by atoms with Crippen molar-refractivity contribution in [2.75, 3.05) is 32.9 Å². The molecule has 2 aromatic rings. The van der Waals surface area contributed by atoms with Gasteiger partial charge in [0.05, 0.1) is 13.2 Å². The molecule has 2 N–H and O–H groups in total. The van der Waals surface area contributed by atoms with E-state index in [1.54, 1.807) is 0 Å². The first-order chi connectivity index (χ1) is 12.3. The van der Waals surface area contributed by atoms with Crippen molar-refractivity contribution in [3.05, 3.63) is 59.9 Å². The molecule has 0 unspecified atom stereocenters. The van der Waals surface area contributed by atoms with Gasteiger partial charge in [-0.05, 0) is 60.8 Å².